The largest absolute Gasteiger partial charge is 0.494 e. The van der Waals surface area contributed by atoms with E-state index in [2.05, 4.69) is 0 Å². The van der Waals surface area contributed by atoms with Gasteiger partial charge in [-0.25, -0.2) is 0 Å². The van der Waals surface area contributed by atoms with E-state index in [9.17, 15) is 4.79 Å². The Balaban J connectivity index is 1.94. The number of carbonyl (C=O) groups is 1. The van der Waals surface area contributed by atoms with Gasteiger partial charge in [-0.15, -0.1) is 0 Å². The molecule has 4 heteroatoms. The lowest BCUT2D eigenvalue weighted by atomic mass is 10.1. The van der Waals surface area contributed by atoms with Crippen molar-refractivity contribution in [2.45, 2.75) is 13.5 Å². The Morgan fingerprint density at radius 3 is 2.48 bits per heavy atom. The molecule has 2 aromatic carbocycles. The van der Waals surface area contributed by atoms with E-state index in [1.54, 1.807) is 48.5 Å². The topological polar surface area (TPSA) is 55.8 Å². The van der Waals surface area contributed by atoms with Gasteiger partial charge in [0.25, 0.3) is 0 Å². The Morgan fingerprint density at radius 1 is 1.05 bits per heavy atom. The van der Waals surface area contributed by atoms with Crippen LogP contribution in [-0.2, 0) is 6.61 Å². The Hall–Kier alpha value is -2.33. The normalized spacial score (nSPS) is 10.2. The zero-order valence-corrected chi connectivity index (χ0v) is 11.9. The molecular weight excluding hydrogens is 268 g/mol. The summed E-state index contributed by atoms with van der Waals surface area (Å²) < 4.78 is 10.8. The van der Waals surface area contributed by atoms with E-state index >= 15 is 0 Å². The van der Waals surface area contributed by atoms with Crippen molar-refractivity contribution in [1.82, 2.24) is 0 Å². The minimum Gasteiger partial charge on any atom is -0.494 e. The standard InChI is InChI=1S/C17H18O4/c1-2-20-15-8-6-14(7-9-15)17(19)12-21-16-5-3-4-13(10-16)11-18/h3-10,18H,2,11-12H2,1H3. The van der Waals surface area contributed by atoms with E-state index in [4.69, 9.17) is 14.6 Å². The first-order chi connectivity index (χ1) is 10.2. The number of ether oxygens (including phenoxy) is 2. The maximum absolute atomic E-state index is 12.0. The van der Waals surface area contributed by atoms with Crippen LogP contribution in [0, 0.1) is 0 Å². The maximum atomic E-state index is 12.0. The quantitative estimate of drug-likeness (QED) is 0.795. The number of hydrogen-bond acceptors (Lipinski definition) is 4. The molecule has 0 bridgehead atoms. The SMILES string of the molecule is CCOc1ccc(C(=O)COc2cccc(CO)c2)cc1. The van der Waals surface area contributed by atoms with Gasteiger partial charge < -0.3 is 14.6 Å². The number of ketones is 1. The van der Waals surface area contributed by atoms with Crippen LogP contribution in [0.3, 0.4) is 0 Å². The van der Waals surface area contributed by atoms with Crippen LogP contribution in [0.15, 0.2) is 48.5 Å². The van der Waals surface area contributed by atoms with Crippen molar-refractivity contribution in [1.29, 1.82) is 0 Å². The fraction of sp³-hybridized carbons (Fsp3) is 0.235. The molecule has 0 radical (unpaired) electrons. The molecule has 0 saturated carbocycles. The number of Topliss-reactive ketones (excluding diaryl/α,β-unsaturated/α-hetero) is 1. The summed E-state index contributed by atoms with van der Waals surface area (Å²) in [6, 6.07) is 14.0. The molecule has 0 saturated heterocycles. The third-order valence-corrected chi connectivity index (χ3v) is 2.94. The fourth-order valence-corrected chi connectivity index (χ4v) is 1.87. The molecule has 21 heavy (non-hydrogen) atoms. The summed E-state index contributed by atoms with van der Waals surface area (Å²) in [6.45, 7) is 2.41. The third-order valence-electron chi connectivity index (χ3n) is 2.94. The molecule has 0 spiro atoms. The first kappa shape index (κ1) is 15.1. The van der Waals surface area contributed by atoms with Crippen molar-refractivity contribution in [3.8, 4) is 11.5 Å². The second-order valence-corrected chi connectivity index (χ2v) is 4.47. The predicted molar refractivity (Wildman–Crippen MR) is 79.8 cm³/mol. The van der Waals surface area contributed by atoms with Crippen LogP contribution in [0.5, 0.6) is 11.5 Å². The van der Waals surface area contributed by atoms with Crippen LogP contribution in [-0.4, -0.2) is 24.1 Å². The number of aliphatic hydroxyl groups excluding tert-OH is 1. The minimum absolute atomic E-state index is 0.0388. The van der Waals surface area contributed by atoms with Crippen LogP contribution in [0.2, 0.25) is 0 Å². The van der Waals surface area contributed by atoms with Gasteiger partial charge in [0, 0.05) is 5.56 Å². The number of aliphatic hydroxyl groups is 1. The molecule has 0 heterocycles. The average molecular weight is 286 g/mol. The van der Waals surface area contributed by atoms with E-state index in [0.29, 0.717) is 17.9 Å². The highest BCUT2D eigenvalue weighted by atomic mass is 16.5. The van der Waals surface area contributed by atoms with Crippen LogP contribution < -0.4 is 9.47 Å². The summed E-state index contributed by atoms with van der Waals surface area (Å²) in [5, 5.41) is 9.05. The van der Waals surface area contributed by atoms with Gasteiger partial charge in [-0.2, -0.15) is 0 Å². The van der Waals surface area contributed by atoms with Crippen molar-refractivity contribution in [2.75, 3.05) is 13.2 Å². The molecule has 2 aromatic rings. The number of rotatable bonds is 7. The van der Waals surface area contributed by atoms with E-state index in [0.717, 1.165) is 11.3 Å². The van der Waals surface area contributed by atoms with Gasteiger partial charge in [0.05, 0.1) is 13.2 Å². The lowest BCUT2D eigenvalue weighted by molar-refractivity contribution is 0.0921. The second kappa shape index (κ2) is 7.45. The van der Waals surface area contributed by atoms with Crippen molar-refractivity contribution >= 4 is 5.78 Å². The third kappa shape index (κ3) is 4.33. The maximum Gasteiger partial charge on any atom is 0.200 e. The zero-order chi connectivity index (χ0) is 15.1. The van der Waals surface area contributed by atoms with Crippen LogP contribution >= 0.6 is 0 Å². The van der Waals surface area contributed by atoms with Crippen molar-refractivity contribution in [3.05, 3.63) is 59.7 Å². The molecule has 4 nitrogen and oxygen atoms in total. The lowest BCUT2D eigenvalue weighted by Gasteiger charge is -2.07. The Bertz CT molecular complexity index is 590. The molecule has 0 aromatic heterocycles. The lowest BCUT2D eigenvalue weighted by Crippen LogP contribution is -2.11. The van der Waals surface area contributed by atoms with Gasteiger partial charge in [0.15, 0.2) is 12.4 Å². The summed E-state index contributed by atoms with van der Waals surface area (Å²) >= 11 is 0. The minimum atomic E-state index is -0.104. The van der Waals surface area contributed by atoms with Crippen LogP contribution in [0.25, 0.3) is 0 Å². The smallest absolute Gasteiger partial charge is 0.200 e. The molecule has 0 amide bonds. The summed E-state index contributed by atoms with van der Waals surface area (Å²) in [5.74, 6) is 1.21. The van der Waals surface area contributed by atoms with Crippen molar-refractivity contribution in [3.63, 3.8) is 0 Å². The second-order valence-electron chi connectivity index (χ2n) is 4.47. The van der Waals surface area contributed by atoms with Gasteiger partial charge in [-0.05, 0) is 48.9 Å². The summed E-state index contributed by atoms with van der Waals surface area (Å²) in [6.07, 6.45) is 0. The molecular formula is C17H18O4. The van der Waals surface area contributed by atoms with Gasteiger partial charge in [-0.3, -0.25) is 4.79 Å². The molecule has 2 rings (SSSR count). The van der Waals surface area contributed by atoms with Gasteiger partial charge in [0.1, 0.15) is 11.5 Å². The van der Waals surface area contributed by atoms with Crippen molar-refractivity contribution in [2.24, 2.45) is 0 Å². The van der Waals surface area contributed by atoms with E-state index in [-0.39, 0.29) is 19.0 Å². The fourth-order valence-electron chi connectivity index (χ4n) is 1.87. The van der Waals surface area contributed by atoms with Gasteiger partial charge >= 0.3 is 0 Å². The molecule has 0 unspecified atom stereocenters. The first-order valence-electron chi connectivity index (χ1n) is 6.81. The van der Waals surface area contributed by atoms with Crippen LogP contribution in [0.4, 0.5) is 0 Å². The highest BCUT2D eigenvalue weighted by molar-refractivity contribution is 5.97. The Morgan fingerprint density at radius 2 is 1.81 bits per heavy atom. The Labute approximate surface area is 123 Å². The van der Waals surface area contributed by atoms with E-state index < -0.39 is 0 Å². The highest BCUT2D eigenvalue weighted by Gasteiger charge is 2.07. The molecule has 0 fully saturated rings. The molecule has 0 aliphatic heterocycles. The average Bonchev–Trinajstić information content (AvgIpc) is 2.54. The number of benzene rings is 2. The monoisotopic (exact) mass is 286 g/mol. The molecule has 110 valence electrons. The number of carbonyl (C=O) groups excluding carboxylic acids is 1. The van der Waals surface area contributed by atoms with E-state index in [1.807, 2.05) is 6.92 Å². The van der Waals surface area contributed by atoms with Crippen LogP contribution in [0.1, 0.15) is 22.8 Å². The van der Waals surface area contributed by atoms with Gasteiger partial charge in [-0.1, -0.05) is 12.1 Å². The summed E-state index contributed by atoms with van der Waals surface area (Å²) in [4.78, 5) is 12.0. The first-order valence-corrected chi connectivity index (χ1v) is 6.81. The van der Waals surface area contributed by atoms with E-state index in [1.165, 1.54) is 0 Å². The molecule has 0 aliphatic rings. The summed E-state index contributed by atoms with van der Waals surface area (Å²) in [7, 11) is 0. The zero-order valence-electron chi connectivity index (χ0n) is 11.9. The highest BCUT2D eigenvalue weighted by Crippen LogP contribution is 2.15. The Kier molecular flexibility index (Phi) is 5.35. The summed E-state index contributed by atoms with van der Waals surface area (Å²) in [5.41, 5.74) is 1.33. The molecule has 0 aliphatic carbocycles. The molecule has 0 atom stereocenters. The van der Waals surface area contributed by atoms with Crippen molar-refractivity contribution < 1.29 is 19.4 Å². The molecule has 1 N–H and O–H groups in total. The predicted octanol–water partition coefficient (Wildman–Crippen LogP) is 2.84. The number of hydrogen-bond donors (Lipinski definition) is 1. The van der Waals surface area contributed by atoms with Gasteiger partial charge in [0.2, 0.25) is 0 Å².